The number of nitrogens with zero attached hydrogens (tertiary/aromatic N) is 1. The lowest BCUT2D eigenvalue weighted by Gasteiger charge is -2.28. The number of halogens is 1. The first-order valence-electron chi connectivity index (χ1n) is 7.65. The minimum absolute atomic E-state index is 0. The minimum atomic E-state index is -0.0430. The minimum Gasteiger partial charge on any atom is -0.347 e. The van der Waals surface area contributed by atoms with Crippen molar-refractivity contribution in [2.75, 3.05) is 19.6 Å². The van der Waals surface area contributed by atoms with Crippen LogP contribution < -0.4 is 10.6 Å². The van der Waals surface area contributed by atoms with Gasteiger partial charge in [-0.25, -0.2) is 0 Å². The molecule has 0 aliphatic carbocycles. The second-order valence-electron chi connectivity index (χ2n) is 7.19. The lowest BCUT2D eigenvalue weighted by atomic mass is 9.92. The predicted octanol–water partition coefficient (Wildman–Crippen LogP) is 1.31. The maximum Gasteiger partial charge on any atom is 0.242 e. The number of amides is 2. The lowest BCUT2D eigenvalue weighted by Crippen LogP contribution is -2.47. The van der Waals surface area contributed by atoms with Gasteiger partial charge in [-0.1, -0.05) is 20.8 Å². The number of nitrogens with one attached hydrogen (secondary N) is 2. The monoisotopic (exact) mass is 317 g/mol. The molecule has 2 heterocycles. The Hall–Kier alpha value is -0.810. The molecule has 0 aromatic carbocycles. The van der Waals surface area contributed by atoms with E-state index in [4.69, 9.17) is 0 Å². The number of rotatable bonds is 3. The van der Waals surface area contributed by atoms with Crippen LogP contribution in [0, 0.1) is 5.41 Å². The third kappa shape index (κ3) is 5.15. The van der Waals surface area contributed by atoms with E-state index < -0.39 is 0 Å². The zero-order valence-electron chi connectivity index (χ0n) is 13.3. The standard InChI is InChI=1S/C15H27N3O2.ClH/c1-15(2,3)8-13(19)17-10-14(20)18-11-4-5-12(18)9-16-7-6-11;/h11-12,16H,4-10H2,1-3H3,(H,17,19);1H. The van der Waals surface area contributed by atoms with Crippen molar-refractivity contribution in [1.29, 1.82) is 0 Å². The maximum atomic E-state index is 12.4. The van der Waals surface area contributed by atoms with Crippen LogP contribution in [0.2, 0.25) is 0 Å². The van der Waals surface area contributed by atoms with Gasteiger partial charge in [-0.05, 0) is 31.2 Å². The first kappa shape index (κ1) is 18.2. The van der Waals surface area contributed by atoms with Crippen molar-refractivity contribution in [2.24, 2.45) is 5.41 Å². The number of hydrogen-bond acceptors (Lipinski definition) is 3. The molecule has 2 unspecified atom stereocenters. The van der Waals surface area contributed by atoms with Crippen LogP contribution in [-0.2, 0) is 9.59 Å². The van der Waals surface area contributed by atoms with Gasteiger partial charge in [0.25, 0.3) is 0 Å². The van der Waals surface area contributed by atoms with Crippen LogP contribution in [0.3, 0.4) is 0 Å². The summed E-state index contributed by atoms with van der Waals surface area (Å²) in [6, 6.07) is 0.677. The second-order valence-corrected chi connectivity index (χ2v) is 7.19. The van der Waals surface area contributed by atoms with Crippen molar-refractivity contribution >= 4 is 24.2 Å². The van der Waals surface area contributed by atoms with Crippen LogP contribution in [0.4, 0.5) is 0 Å². The number of hydrogen-bond donors (Lipinski definition) is 2. The Bertz CT molecular complexity index is 368. The van der Waals surface area contributed by atoms with E-state index in [0.29, 0.717) is 18.5 Å². The van der Waals surface area contributed by atoms with Crippen LogP contribution in [-0.4, -0.2) is 48.4 Å². The molecule has 0 aromatic heterocycles. The van der Waals surface area contributed by atoms with E-state index in [1.54, 1.807) is 0 Å². The zero-order chi connectivity index (χ0) is 14.8. The summed E-state index contributed by atoms with van der Waals surface area (Å²) < 4.78 is 0. The van der Waals surface area contributed by atoms with Gasteiger partial charge in [-0.3, -0.25) is 9.59 Å². The average molecular weight is 318 g/mol. The van der Waals surface area contributed by atoms with Gasteiger partial charge in [-0.15, -0.1) is 12.4 Å². The molecule has 2 bridgehead atoms. The van der Waals surface area contributed by atoms with Crippen LogP contribution in [0.15, 0.2) is 0 Å². The van der Waals surface area contributed by atoms with Crippen molar-refractivity contribution in [1.82, 2.24) is 15.5 Å². The van der Waals surface area contributed by atoms with Crippen molar-refractivity contribution in [3.05, 3.63) is 0 Å². The molecule has 2 N–H and O–H groups in total. The fraction of sp³-hybridized carbons (Fsp3) is 0.867. The van der Waals surface area contributed by atoms with Gasteiger partial charge in [0.15, 0.2) is 0 Å². The Labute approximate surface area is 133 Å². The van der Waals surface area contributed by atoms with Gasteiger partial charge in [0, 0.05) is 25.0 Å². The van der Waals surface area contributed by atoms with Crippen LogP contribution in [0.5, 0.6) is 0 Å². The molecule has 2 saturated heterocycles. The topological polar surface area (TPSA) is 61.4 Å². The first-order valence-corrected chi connectivity index (χ1v) is 7.65. The van der Waals surface area contributed by atoms with E-state index >= 15 is 0 Å². The fourth-order valence-corrected chi connectivity index (χ4v) is 3.20. The molecular weight excluding hydrogens is 290 g/mol. The summed E-state index contributed by atoms with van der Waals surface area (Å²) in [7, 11) is 0. The predicted molar refractivity (Wildman–Crippen MR) is 85.5 cm³/mol. The van der Waals surface area contributed by atoms with Gasteiger partial charge in [0.1, 0.15) is 0 Å². The number of carbonyl (C=O) groups is 2. The van der Waals surface area contributed by atoms with E-state index in [-0.39, 0.29) is 36.2 Å². The SMILES string of the molecule is CC(C)(C)CC(=O)NCC(=O)N1C2CCNCC1CC2.Cl. The molecule has 6 heteroatoms. The molecular formula is C15H28ClN3O2. The molecule has 2 rings (SSSR count). The molecule has 2 atom stereocenters. The smallest absolute Gasteiger partial charge is 0.242 e. The largest absolute Gasteiger partial charge is 0.347 e. The summed E-state index contributed by atoms with van der Waals surface area (Å²) in [5.74, 6) is 0.0367. The highest BCUT2D eigenvalue weighted by atomic mass is 35.5. The van der Waals surface area contributed by atoms with Crippen molar-refractivity contribution in [3.8, 4) is 0 Å². The van der Waals surface area contributed by atoms with E-state index in [0.717, 1.165) is 32.4 Å². The summed E-state index contributed by atoms with van der Waals surface area (Å²) in [4.78, 5) is 26.2. The average Bonchev–Trinajstić information content (AvgIpc) is 2.57. The molecule has 2 amide bonds. The van der Waals surface area contributed by atoms with E-state index in [1.807, 2.05) is 25.7 Å². The summed E-state index contributed by atoms with van der Waals surface area (Å²) in [5.41, 5.74) is -0.0430. The number of fused-ring (bicyclic) bond motifs is 2. The van der Waals surface area contributed by atoms with Crippen molar-refractivity contribution < 1.29 is 9.59 Å². The van der Waals surface area contributed by atoms with Crippen molar-refractivity contribution in [3.63, 3.8) is 0 Å². The first-order chi connectivity index (χ1) is 9.37. The van der Waals surface area contributed by atoms with E-state index in [9.17, 15) is 9.59 Å². The van der Waals surface area contributed by atoms with E-state index in [2.05, 4.69) is 10.6 Å². The van der Waals surface area contributed by atoms with Crippen molar-refractivity contribution in [2.45, 2.75) is 58.5 Å². The Morgan fingerprint density at radius 1 is 1.19 bits per heavy atom. The Morgan fingerprint density at radius 3 is 2.52 bits per heavy atom. The zero-order valence-corrected chi connectivity index (χ0v) is 14.1. The molecule has 2 aliphatic heterocycles. The molecule has 5 nitrogen and oxygen atoms in total. The molecule has 2 fully saturated rings. The molecule has 2 aliphatic rings. The van der Waals surface area contributed by atoms with Gasteiger partial charge < -0.3 is 15.5 Å². The molecule has 21 heavy (non-hydrogen) atoms. The Balaban J connectivity index is 0.00000220. The molecule has 0 aromatic rings. The highest BCUT2D eigenvalue weighted by Gasteiger charge is 2.37. The second kappa shape index (κ2) is 7.45. The third-order valence-corrected chi connectivity index (χ3v) is 4.07. The molecule has 0 saturated carbocycles. The third-order valence-electron chi connectivity index (χ3n) is 4.07. The molecule has 0 radical (unpaired) electrons. The maximum absolute atomic E-state index is 12.4. The Kier molecular flexibility index (Phi) is 6.47. The van der Waals surface area contributed by atoms with Crippen LogP contribution in [0.25, 0.3) is 0 Å². The molecule has 122 valence electrons. The van der Waals surface area contributed by atoms with Gasteiger partial charge in [0.05, 0.1) is 6.54 Å². The van der Waals surface area contributed by atoms with Gasteiger partial charge in [0.2, 0.25) is 11.8 Å². The fourth-order valence-electron chi connectivity index (χ4n) is 3.20. The lowest BCUT2D eigenvalue weighted by molar-refractivity contribution is -0.135. The van der Waals surface area contributed by atoms with Gasteiger partial charge in [-0.2, -0.15) is 0 Å². The van der Waals surface area contributed by atoms with Gasteiger partial charge >= 0.3 is 0 Å². The quantitative estimate of drug-likeness (QED) is 0.825. The Morgan fingerprint density at radius 2 is 1.86 bits per heavy atom. The summed E-state index contributed by atoms with van der Waals surface area (Å²) in [6.45, 7) is 8.08. The summed E-state index contributed by atoms with van der Waals surface area (Å²) in [6.07, 6.45) is 3.67. The normalized spacial score (nSPS) is 25.0. The highest BCUT2D eigenvalue weighted by molar-refractivity contribution is 5.85. The molecule has 0 spiro atoms. The number of carbonyl (C=O) groups excluding carboxylic acids is 2. The summed E-state index contributed by atoms with van der Waals surface area (Å²) in [5, 5.41) is 6.15. The van der Waals surface area contributed by atoms with E-state index in [1.165, 1.54) is 0 Å². The van der Waals surface area contributed by atoms with Crippen LogP contribution >= 0.6 is 12.4 Å². The summed E-state index contributed by atoms with van der Waals surface area (Å²) >= 11 is 0. The van der Waals surface area contributed by atoms with Crippen LogP contribution in [0.1, 0.15) is 46.5 Å². The highest BCUT2D eigenvalue weighted by Crippen LogP contribution is 2.27.